The van der Waals surface area contributed by atoms with Crippen LogP contribution in [0, 0.1) is 5.82 Å². The van der Waals surface area contributed by atoms with Crippen LogP contribution in [0.3, 0.4) is 0 Å². The number of nitrogens with one attached hydrogen (secondary N) is 1. The molecule has 0 aliphatic heterocycles. The molecule has 0 aliphatic rings. The zero-order valence-electron chi connectivity index (χ0n) is 17.9. The molecule has 0 aliphatic carbocycles. The van der Waals surface area contributed by atoms with Gasteiger partial charge in [-0.3, -0.25) is 4.79 Å². The predicted octanol–water partition coefficient (Wildman–Crippen LogP) is 6.27. The van der Waals surface area contributed by atoms with E-state index in [0.29, 0.717) is 46.2 Å². The molecule has 1 aromatic heterocycles. The van der Waals surface area contributed by atoms with E-state index in [9.17, 15) is 9.18 Å². The fraction of sp³-hybridized carbons (Fsp3) is 0.160. The molecule has 9 heteroatoms. The lowest BCUT2D eigenvalue weighted by Crippen LogP contribution is -2.27. The molecule has 0 atom stereocenters. The zero-order chi connectivity index (χ0) is 23.9. The summed E-state index contributed by atoms with van der Waals surface area (Å²) >= 11 is 13.2. The molecule has 34 heavy (non-hydrogen) atoms. The van der Waals surface area contributed by atoms with E-state index in [0.717, 1.165) is 28.2 Å². The van der Waals surface area contributed by atoms with E-state index in [-0.39, 0.29) is 18.1 Å². The maximum Gasteiger partial charge on any atom is 0.298 e. The molecule has 1 amide bonds. The number of amides is 1. The number of nitrogens with zero attached hydrogens (tertiary/aromatic N) is 2. The molecule has 0 spiro atoms. The van der Waals surface area contributed by atoms with Crippen molar-refractivity contribution in [2.45, 2.75) is 19.3 Å². The largest absolute Gasteiger partial charge is 0.430 e. The highest BCUT2D eigenvalue weighted by molar-refractivity contribution is 7.07. The van der Waals surface area contributed by atoms with Gasteiger partial charge in [0.15, 0.2) is 5.82 Å². The predicted molar refractivity (Wildman–Crippen MR) is 133 cm³/mol. The monoisotopic (exact) mass is 515 g/mol. The van der Waals surface area contributed by atoms with Crippen LogP contribution in [0.25, 0.3) is 0 Å². The second kappa shape index (κ2) is 11.4. The molecule has 174 valence electrons. The second-order valence-electron chi connectivity index (χ2n) is 7.54. The van der Waals surface area contributed by atoms with Crippen molar-refractivity contribution in [3.8, 4) is 10.9 Å². The van der Waals surface area contributed by atoms with Gasteiger partial charge in [0.1, 0.15) is 11.6 Å². The van der Waals surface area contributed by atoms with Gasteiger partial charge < -0.3 is 10.1 Å². The van der Waals surface area contributed by atoms with Gasteiger partial charge in [0.05, 0.1) is 6.42 Å². The minimum Gasteiger partial charge on any atom is -0.430 e. The van der Waals surface area contributed by atoms with Crippen LogP contribution < -0.4 is 10.1 Å². The van der Waals surface area contributed by atoms with Crippen LogP contribution in [0.5, 0.6) is 10.9 Å². The molecule has 5 nitrogen and oxygen atoms in total. The molecular weight excluding hydrogens is 496 g/mol. The Morgan fingerprint density at radius 3 is 2.47 bits per heavy atom. The number of benzene rings is 3. The summed E-state index contributed by atoms with van der Waals surface area (Å²) in [6.07, 6.45) is 1.38. The van der Waals surface area contributed by atoms with Gasteiger partial charge >= 0.3 is 0 Å². The topological polar surface area (TPSA) is 64.1 Å². The Morgan fingerprint density at radius 2 is 1.74 bits per heavy atom. The summed E-state index contributed by atoms with van der Waals surface area (Å²) in [5, 5.41) is 4.50. The minimum atomic E-state index is -0.275. The Bertz CT molecular complexity index is 1260. The maximum absolute atomic E-state index is 13.0. The molecule has 0 saturated heterocycles. The highest BCUT2D eigenvalue weighted by Gasteiger charge is 2.09. The second-order valence-corrected chi connectivity index (χ2v) is 9.10. The summed E-state index contributed by atoms with van der Waals surface area (Å²) in [6, 6.07) is 18.8. The quantitative estimate of drug-likeness (QED) is 0.285. The van der Waals surface area contributed by atoms with Crippen molar-refractivity contribution in [1.82, 2.24) is 14.7 Å². The number of hydrogen-bond donors (Lipinski definition) is 1. The van der Waals surface area contributed by atoms with Crippen molar-refractivity contribution < 1.29 is 13.9 Å². The first-order valence-corrected chi connectivity index (χ1v) is 12.0. The van der Waals surface area contributed by atoms with E-state index in [4.69, 9.17) is 27.9 Å². The Kier molecular flexibility index (Phi) is 8.11. The molecule has 0 fully saturated rings. The Hall–Kier alpha value is -3.00. The Morgan fingerprint density at radius 1 is 1.00 bits per heavy atom. The average molecular weight is 516 g/mol. The van der Waals surface area contributed by atoms with Crippen LogP contribution in [0.1, 0.15) is 22.5 Å². The summed E-state index contributed by atoms with van der Waals surface area (Å²) < 4.78 is 23.1. The summed E-state index contributed by atoms with van der Waals surface area (Å²) in [5.41, 5.74) is 2.72. The third-order valence-corrected chi connectivity index (χ3v) is 6.17. The van der Waals surface area contributed by atoms with Crippen LogP contribution in [-0.2, 0) is 24.1 Å². The molecule has 4 aromatic rings. The zero-order valence-corrected chi connectivity index (χ0v) is 20.3. The normalized spacial score (nSPS) is 10.8. The summed E-state index contributed by atoms with van der Waals surface area (Å²) in [7, 11) is 0. The fourth-order valence-corrected chi connectivity index (χ4v) is 4.29. The smallest absolute Gasteiger partial charge is 0.298 e. The van der Waals surface area contributed by atoms with Gasteiger partial charge in [-0.05, 0) is 59.5 Å². The van der Waals surface area contributed by atoms with Gasteiger partial charge in [-0.15, -0.1) is 0 Å². The minimum absolute atomic E-state index is 0.0756. The van der Waals surface area contributed by atoms with Crippen molar-refractivity contribution >= 4 is 40.6 Å². The van der Waals surface area contributed by atoms with E-state index in [1.807, 2.05) is 18.2 Å². The first-order chi connectivity index (χ1) is 16.4. The van der Waals surface area contributed by atoms with Crippen LogP contribution in [-0.4, -0.2) is 21.8 Å². The maximum atomic E-state index is 13.0. The molecule has 0 bridgehead atoms. The lowest BCUT2D eigenvalue weighted by molar-refractivity contribution is -0.120. The van der Waals surface area contributed by atoms with Crippen molar-refractivity contribution in [3.63, 3.8) is 0 Å². The van der Waals surface area contributed by atoms with E-state index in [2.05, 4.69) is 14.7 Å². The number of ether oxygens (including phenoxy) is 1. The lowest BCUT2D eigenvalue weighted by Gasteiger charge is -2.08. The third kappa shape index (κ3) is 7.00. The van der Waals surface area contributed by atoms with Gasteiger partial charge in [-0.1, -0.05) is 53.5 Å². The molecule has 1 N–H and O–H groups in total. The molecule has 0 unspecified atom stereocenters. The summed E-state index contributed by atoms with van der Waals surface area (Å²) in [4.78, 5) is 16.6. The standard InChI is InChI=1S/C25H20Cl2FN3O2S/c26-19-6-5-18(22(27)15-19)11-12-29-24(32)14-17-3-9-21(10-4-17)33-25-30-23(31-34-25)13-16-1-7-20(28)8-2-16/h1-10,15H,11-14H2,(H,29,32). The van der Waals surface area contributed by atoms with Gasteiger partial charge in [0.2, 0.25) is 5.91 Å². The van der Waals surface area contributed by atoms with E-state index >= 15 is 0 Å². The lowest BCUT2D eigenvalue weighted by atomic mass is 10.1. The molecule has 1 heterocycles. The van der Waals surface area contributed by atoms with Crippen molar-refractivity contribution in [2.75, 3.05) is 6.54 Å². The highest BCUT2D eigenvalue weighted by atomic mass is 35.5. The van der Waals surface area contributed by atoms with Gasteiger partial charge in [0, 0.05) is 34.5 Å². The molecular formula is C25H20Cl2FN3O2S. The highest BCUT2D eigenvalue weighted by Crippen LogP contribution is 2.24. The van der Waals surface area contributed by atoms with Crippen molar-refractivity contribution in [2.24, 2.45) is 0 Å². The van der Waals surface area contributed by atoms with Crippen LogP contribution in [0.4, 0.5) is 4.39 Å². The number of aromatic nitrogens is 2. The molecule has 3 aromatic carbocycles. The first kappa shape index (κ1) is 24.1. The van der Waals surface area contributed by atoms with Crippen molar-refractivity contribution in [1.29, 1.82) is 0 Å². The SMILES string of the molecule is O=C(Cc1ccc(Oc2nc(Cc3ccc(F)cc3)ns2)cc1)NCCc1ccc(Cl)cc1Cl. The molecule has 0 radical (unpaired) electrons. The van der Waals surface area contributed by atoms with Gasteiger partial charge in [-0.2, -0.15) is 9.36 Å². The van der Waals surface area contributed by atoms with Crippen LogP contribution in [0.2, 0.25) is 10.0 Å². The Balaban J connectivity index is 1.24. The third-order valence-electron chi connectivity index (χ3n) is 4.95. The number of rotatable bonds is 9. The van der Waals surface area contributed by atoms with E-state index < -0.39 is 0 Å². The van der Waals surface area contributed by atoms with Crippen LogP contribution in [0.15, 0.2) is 66.7 Å². The van der Waals surface area contributed by atoms with E-state index in [1.165, 1.54) is 12.1 Å². The van der Waals surface area contributed by atoms with Crippen molar-refractivity contribution in [3.05, 3.63) is 105 Å². The average Bonchev–Trinajstić information content (AvgIpc) is 3.25. The Labute approximate surface area is 210 Å². The van der Waals surface area contributed by atoms with Gasteiger partial charge in [-0.25, -0.2) is 4.39 Å². The van der Waals surface area contributed by atoms with Gasteiger partial charge in [0.25, 0.3) is 5.19 Å². The number of halogens is 3. The van der Waals surface area contributed by atoms with E-state index in [1.54, 1.807) is 36.4 Å². The molecule has 0 saturated carbocycles. The van der Waals surface area contributed by atoms with Crippen LogP contribution >= 0.6 is 34.7 Å². The summed E-state index contributed by atoms with van der Waals surface area (Å²) in [6.45, 7) is 0.485. The number of hydrogen-bond acceptors (Lipinski definition) is 5. The number of carbonyl (C=O) groups is 1. The fourth-order valence-electron chi connectivity index (χ4n) is 3.22. The first-order valence-electron chi connectivity index (χ1n) is 10.5. The molecule has 4 rings (SSSR count). The summed E-state index contributed by atoms with van der Waals surface area (Å²) in [5.74, 6) is 0.863. The number of carbonyl (C=O) groups excluding carboxylic acids is 1.